The third kappa shape index (κ3) is 7.49. The van der Waals surface area contributed by atoms with Crippen LogP contribution in [0.5, 0.6) is 0 Å². The van der Waals surface area contributed by atoms with Gasteiger partial charge in [0, 0.05) is 19.0 Å². The van der Waals surface area contributed by atoms with Crippen LogP contribution in [0.4, 0.5) is 0 Å². The molecule has 0 spiro atoms. The number of rotatable bonds is 11. The molecular formula is C28H39N5O6S2. The van der Waals surface area contributed by atoms with Crippen LogP contribution in [0.25, 0.3) is 10.2 Å². The molecule has 1 aromatic heterocycles. The molecule has 3 N–H and O–H groups in total. The van der Waals surface area contributed by atoms with Crippen LogP contribution in [-0.4, -0.2) is 79.3 Å². The molecule has 0 aliphatic carbocycles. The number of nitrogens with one attached hydrogen (secondary N) is 3. The lowest BCUT2D eigenvalue weighted by atomic mass is 9.87. The zero-order valence-electron chi connectivity index (χ0n) is 23.9. The first-order valence-corrected chi connectivity index (χ1v) is 16.8. The average molecular weight is 606 g/mol. The van der Waals surface area contributed by atoms with Gasteiger partial charge in [-0.3, -0.25) is 19.2 Å². The Bertz CT molecular complexity index is 1370. The van der Waals surface area contributed by atoms with Crippen molar-refractivity contribution in [2.24, 2.45) is 17.8 Å². The van der Waals surface area contributed by atoms with Crippen molar-refractivity contribution >= 4 is 55.1 Å². The van der Waals surface area contributed by atoms with E-state index in [9.17, 15) is 27.6 Å². The Hall–Kier alpha value is -2.90. The van der Waals surface area contributed by atoms with Gasteiger partial charge in [-0.2, -0.15) is 0 Å². The van der Waals surface area contributed by atoms with Crippen LogP contribution in [0.2, 0.25) is 0 Å². The summed E-state index contributed by atoms with van der Waals surface area (Å²) >= 11 is 1.23. The summed E-state index contributed by atoms with van der Waals surface area (Å²) in [6.07, 6.45) is 3.57. The number of fused-ring (bicyclic) bond motifs is 1. The first-order valence-electron chi connectivity index (χ1n) is 14.1. The summed E-state index contributed by atoms with van der Waals surface area (Å²) in [5.74, 6) is -2.09. The van der Waals surface area contributed by atoms with E-state index in [4.69, 9.17) is 0 Å². The maximum Gasteiger partial charge on any atom is 0.243 e. The maximum atomic E-state index is 13.9. The number of para-hydroxylation sites is 1. The van der Waals surface area contributed by atoms with Crippen molar-refractivity contribution in [3.05, 3.63) is 29.3 Å². The van der Waals surface area contributed by atoms with E-state index in [2.05, 4.69) is 20.3 Å². The van der Waals surface area contributed by atoms with E-state index < -0.39 is 45.9 Å². The number of hydrogen-bond acceptors (Lipinski definition) is 8. The topological polar surface area (TPSA) is 155 Å². The molecule has 2 aliphatic heterocycles. The highest BCUT2D eigenvalue weighted by Crippen LogP contribution is 2.29. The number of benzene rings is 1. The molecule has 5 atom stereocenters. The largest absolute Gasteiger partial charge is 0.356 e. The number of carbonyl (C=O) groups is 4. The van der Waals surface area contributed by atoms with Gasteiger partial charge < -0.3 is 15.5 Å². The van der Waals surface area contributed by atoms with E-state index in [0.29, 0.717) is 37.9 Å². The fraction of sp³-hybridized carbons (Fsp3) is 0.607. The van der Waals surface area contributed by atoms with Crippen molar-refractivity contribution in [3.63, 3.8) is 0 Å². The summed E-state index contributed by atoms with van der Waals surface area (Å²) < 4.78 is 27.3. The van der Waals surface area contributed by atoms with Crippen LogP contribution in [0.15, 0.2) is 24.3 Å². The third-order valence-electron chi connectivity index (χ3n) is 7.97. The SMILES string of the molecule is CC[C@H]1CCN(C(=O)[C@@H](NS(C)(=O)=O)C(C)C)[C@H](C(=O)N[C@@H](C[C@@H]2CCNC2=O)C(=O)c2nc3ccccc3s2)C1. The first kappa shape index (κ1) is 31.0. The van der Waals surface area contributed by atoms with Crippen molar-refractivity contribution in [1.29, 1.82) is 0 Å². The van der Waals surface area contributed by atoms with Crippen molar-refractivity contribution in [1.82, 2.24) is 25.2 Å². The number of carbonyl (C=O) groups excluding carboxylic acids is 4. The van der Waals surface area contributed by atoms with Crippen LogP contribution >= 0.6 is 11.3 Å². The molecule has 2 saturated heterocycles. The smallest absolute Gasteiger partial charge is 0.243 e. The molecular weight excluding hydrogens is 566 g/mol. The minimum Gasteiger partial charge on any atom is -0.356 e. The van der Waals surface area contributed by atoms with E-state index in [0.717, 1.165) is 17.4 Å². The van der Waals surface area contributed by atoms with Crippen molar-refractivity contribution in [3.8, 4) is 0 Å². The van der Waals surface area contributed by atoms with Gasteiger partial charge in [-0.25, -0.2) is 18.1 Å². The highest BCUT2D eigenvalue weighted by molar-refractivity contribution is 7.88. The summed E-state index contributed by atoms with van der Waals surface area (Å²) in [5, 5.41) is 5.92. The molecule has 1 aromatic carbocycles. The molecule has 3 amide bonds. The molecule has 41 heavy (non-hydrogen) atoms. The Morgan fingerprint density at radius 2 is 1.93 bits per heavy atom. The Morgan fingerprint density at radius 3 is 2.54 bits per heavy atom. The molecule has 13 heteroatoms. The van der Waals surface area contributed by atoms with Crippen molar-refractivity contribution in [2.45, 2.75) is 71.0 Å². The number of sulfonamides is 1. The highest BCUT2D eigenvalue weighted by Gasteiger charge is 2.41. The lowest BCUT2D eigenvalue weighted by Gasteiger charge is -2.41. The Labute approximate surface area is 244 Å². The molecule has 224 valence electrons. The molecule has 3 heterocycles. The molecule has 0 radical (unpaired) electrons. The van der Waals surface area contributed by atoms with Gasteiger partial charge in [0.05, 0.1) is 22.5 Å². The number of amides is 3. The van der Waals surface area contributed by atoms with E-state index >= 15 is 0 Å². The van der Waals surface area contributed by atoms with Gasteiger partial charge in [0.1, 0.15) is 12.1 Å². The molecule has 0 bridgehead atoms. The Kier molecular flexibility index (Phi) is 9.81. The van der Waals surface area contributed by atoms with Crippen LogP contribution in [0.3, 0.4) is 0 Å². The van der Waals surface area contributed by atoms with Gasteiger partial charge in [-0.05, 0) is 49.7 Å². The fourth-order valence-corrected chi connectivity index (χ4v) is 7.38. The highest BCUT2D eigenvalue weighted by atomic mass is 32.2. The van der Waals surface area contributed by atoms with Crippen molar-refractivity contribution in [2.75, 3.05) is 19.3 Å². The maximum absolute atomic E-state index is 13.9. The van der Waals surface area contributed by atoms with Gasteiger partial charge in [0.2, 0.25) is 33.5 Å². The van der Waals surface area contributed by atoms with E-state index in [-0.39, 0.29) is 35.0 Å². The molecule has 2 aliphatic rings. The molecule has 11 nitrogen and oxygen atoms in total. The summed E-state index contributed by atoms with van der Waals surface area (Å²) in [6.45, 7) is 6.32. The summed E-state index contributed by atoms with van der Waals surface area (Å²) in [5.41, 5.74) is 0.678. The quantitative estimate of drug-likeness (QED) is 0.331. The third-order valence-corrected chi connectivity index (χ3v) is 9.70. The van der Waals surface area contributed by atoms with Gasteiger partial charge in [0.15, 0.2) is 5.01 Å². The van der Waals surface area contributed by atoms with E-state index in [1.807, 2.05) is 31.2 Å². The number of Topliss-reactive ketones (excluding diaryl/α,β-unsaturated/α-hetero) is 1. The van der Waals surface area contributed by atoms with Crippen LogP contribution in [0, 0.1) is 17.8 Å². The van der Waals surface area contributed by atoms with Gasteiger partial charge >= 0.3 is 0 Å². The Balaban J connectivity index is 1.62. The minimum atomic E-state index is -3.68. The zero-order chi connectivity index (χ0) is 29.9. The molecule has 4 rings (SSSR count). The normalized spacial score (nSPS) is 22.9. The number of thiazole rings is 1. The van der Waals surface area contributed by atoms with Gasteiger partial charge in [-0.1, -0.05) is 39.3 Å². The molecule has 2 aromatic rings. The average Bonchev–Trinajstić information content (AvgIpc) is 3.55. The number of hydrogen-bond donors (Lipinski definition) is 3. The predicted molar refractivity (Wildman–Crippen MR) is 157 cm³/mol. The lowest BCUT2D eigenvalue weighted by molar-refractivity contribution is -0.145. The lowest BCUT2D eigenvalue weighted by Crippen LogP contribution is -2.60. The number of likely N-dealkylation sites (tertiary alicyclic amines) is 1. The number of nitrogens with zero attached hydrogens (tertiary/aromatic N) is 2. The van der Waals surface area contributed by atoms with Gasteiger partial charge in [-0.15, -0.1) is 11.3 Å². The van der Waals surface area contributed by atoms with Crippen LogP contribution in [0.1, 0.15) is 62.7 Å². The minimum absolute atomic E-state index is 0.120. The molecule has 0 saturated carbocycles. The molecule has 2 fully saturated rings. The number of piperidine rings is 1. The Morgan fingerprint density at radius 1 is 1.20 bits per heavy atom. The standard InChI is InChI=1S/C28H39N5O6S2/c1-5-17-11-13-33(28(37)23(16(2)3)32-41(4,38)39)21(14-17)26(36)30-20(15-18-10-12-29-25(18)35)24(34)27-31-19-8-6-7-9-22(19)40-27/h6-9,16-18,20-21,23,32H,5,10-15H2,1-4H3,(H,29,35)(H,30,36)/t17-,18-,20-,21-,23-/m0/s1. The van der Waals surface area contributed by atoms with Crippen LogP contribution < -0.4 is 15.4 Å². The fourth-order valence-electron chi connectivity index (χ4n) is 5.58. The second-order valence-corrected chi connectivity index (χ2v) is 14.2. The summed E-state index contributed by atoms with van der Waals surface area (Å²) in [7, 11) is -3.68. The van der Waals surface area contributed by atoms with Crippen LogP contribution in [-0.2, 0) is 24.4 Å². The predicted octanol–water partition coefficient (Wildman–Crippen LogP) is 2.08. The molecule has 0 unspecified atom stereocenters. The number of aromatic nitrogens is 1. The van der Waals surface area contributed by atoms with Crippen molar-refractivity contribution < 1.29 is 27.6 Å². The second-order valence-electron chi connectivity index (χ2n) is 11.4. The second kappa shape index (κ2) is 13.0. The first-order chi connectivity index (χ1) is 19.4. The summed E-state index contributed by atoms with van der Waals surface area (Å²) in [6, 6.07) is 4.46. The number of ketones is 1. The monoisotopic (exact) mass is 605 g/mol. The summed E-state index contributed by atoms with van der Waals surface area (Å²) in [4.78, 5) is 59.7. The van der Waals surface area contributed by atoms with E-state index in [1.165, 1.54) is 16.2 Å². The van der Waals surface area contributed by atoms with Gasteiger partial charge in [0.25, 0.3) is 0 Å². The zero-order valence-corrected chi connectivity index (χ0v) is 25.5. The van der Waals surface area contributed by atoms with E-state index in [1.54, 1.807) is 13.8 Å².